The van der Waals surface area contributed by atoms with E-state index in [1.165, 1.54) is 0 Å². The smallest absolute Gasteiger partial charge is 0.237 e. The van der Waals surface area contributed by atoms with Gasteiger partial charge in [0.05, 0.1) is 26.7 Å². The minimum Gasteiger partial charge on any atom is -0.497 e. The number of amides is 1. The van der Waals surface area contributed by atoms with Gasteiger partial charge < -0.3 is 19.3 Å². The molecule has 1 amide bonds. The van der Waals surface area contributed by atoms with E-state index >= 15 is 0 Å². The molecule has 0 N–H and O–H groups in total. The molecule has 0 radical (unpaired) electrons. The Balaban J connectivity index is 1.40. The van der Waals surface area contributed by atoms with E-state index in [1.54, 1.807) is 7.11 Å². The molecular formula is C18H27N3O3. The van der Waals surface area contributed by atoms with Gasteiger partial charge in [0, 0.05) is 25.2 Å². The average Bonchev–Trinajstić information content (AvgIpc) is 2.99. The van der Waals surface area contributed by atoms with E-state index in [0.29, 0.717) is 25.7 Å². The van der Waals surface area contributed by atoms with Crippen LogP contribution < -0.4 is 9.47 Å². The molecule has 0 bridgehead atoms. The molecule has 2 saturated heterocycles. The van der Waals surface area contributed by atoms with E-state index in [1.807, 2.05) is 29.2 Å². The minimum absolute atomic E-state index is 0.0779. The molecule has 2 heterocycles. The Labute approximate surface area is 143 Å². The largest absolute Gasteiger partial charge is 0.497 e. The average molecular weight is 333 g/mol. The molecule has 0 aliphatic carbocycles. The number of nitrogens with zero attached hydrogens (tertiary/aromatic N) is 3. The summed E-state index contributed by atoms with van der Waals surface area (Å²) in [6, 6.07) is 8.15. The normalized spacial score (nSPS) is 21.8. The molecule has 132 valence electrons. The van der Waals surface area contributed by atoms with Gasteiger partial charge >= 0.3 is 0 Å². The quantitative estimate of drug-likeness (QED) is 0.775. The van der Waals surface area contributed by atoms with Crippen LogP contribution in [0, 0.1) is 0 Å². The summed E-state index contributed by atoms with van der Waals surface area (Å²) in [6.45, 7) is 3.85. The number of hydrogen-bond donors (Lipinski definition) is 0. The molecule has 24 heavy (non-hydrogen) atoms. The first-order valence-electron chi connectivity index (χ1n) is 8.52. The van der Waals surface area contributed by atoms with Crippen molar-refractivity contribution in [1.29, 1.82) is 0 Å². The summed E-state index contributed by atoms with van der Waals surface area (Å²) in [5.74, 6) is 1.78. The Morgan fingerprint density at radius 2 is 2.00 bits per heavy atom. The molecule has 0 unspecified atom stereocenters. The van der Waals surface area contributed by atoms with Crippen molar-refractivity contribution < 1.29 is 14.3 Å². The number of likely N-dealkylation sites (tertiary alicyclic amines) is 2. The van der Waals surface area contributed by atoms with Gasteiger partial charge in [-0.15, -0.1) is 0 Å². The molecule has 0 aromatic heterocycles. The molecular weight excluding hydrogens is 306 g/mol. The van der Waals surface area contributed by atoms with Crippen LogP contribution in [0.2, 0.25) is 0 Å². The third kappa shape index (κ3) is 3.99. The number of carbonyl (C=O) groups is 1. The predicted octanol–water partition coefficient (Wildman–Crippen LogP) is 0.921. The molecule has 0 spiro atoms. The van der Waals surface area contributed by atoms with Crippen LogP contribution in [0.4, 0.5) is 0 Å². The van der Waals surface area contributed by atoms with Crippen molar-refractivity contribution in [2.24, 2.45) is 0 Å². The maximum atomic E-state index is 12.4. The van der Waals surface area contributed by atoms with E-state index in [4.69, 9.17) is 9.47 Å². The van der Waals surface area contributed by atoms with Gasteiger partial charge in [0.15, 0.2) is 0 Å². The zero-order valence-electron chi connectivity index (χ0n) is 14.8. The first-order valence-corrected chi connectivity index (χ1v) is 8.52. The lowest BCUT2D eigenvalue weighted by Crippen LogP contribution is -2.58. The summed E-state index contributed by atoms with van der Waals surface area (Å²) in [5, 5.41) is 0. The van der Waals surface area contributed by atoms with Gasteiger partial charge in [-0.2, -0.15) is 0 Å². The highest BCUT2D eigenvalue weighted by Gasteiger charge is 2.34. The third-order valence-electron chi connectivity index (χ3n) is 4.88. The number of methoxy groups -OCH3 is 1. The standard InChI is InChI=1S/C18H27N3O3/c1-19(2)14-7-8-20(10-14)13-18(22)21-11-17(12-21)24-16-6-4-5-15(9-16)23-3/h4-6,9,14,17H,7-8,10-13H2,1-3H3/t14-/m0/s1. The van der Waals surface area contributed by atoms with E-state index < -0.39 is 0 Å². The number of carbonyl (C=O) groups excluding carboxylic acids is 1. The van der Waals surface area contributed by atoms with E-state index in [9.17, 15) is 4.79 Å². The van der Waals surface area contributed by atoms with Crippen molar-refractivity contribution in [1.82, 2.24) is 14.7 Å². The summed E-state index contributed by atoms with van der Waals surface area (Å²) in [4.78, 5) is 18.7. The fraction of sp³-hybridized carbons (Fsp3) is 0.611. The molecule has 1 atom stereocenters. The van der Waals surface area contributed by atoms with Crippen LogP contribution in [0.1, 0.15) is 6.42 Å². The minimum atomic E-state index is 0.0779. The molecule has 2 fully saturated rings. The van der Waals surface area contributed by atoms with Crippen molar-refractivity contribution >= 4 is 5.91 Å². The van der Waals surface area contributed by atoms with Crippen molar-refractivity contribution in [3.63, 3.8) is 0 Å². The van der Waals surface area contributed by atoms with Crippen LogP contribution in [0.25, 0.3) is 0 Å². The van der Waals surface area contributed by atoms with Crippen molar-refractivity contribution in [2.45, 2.75) is 18.6 Å². The summed E-state index contributed by atoms with van der Waals surface area (Å²) < 4.78 is 11.1. The Morgan fingerprint density at radius 1 is 1.25 bits per heavy atom. The molecule has 1 aromatic carbocycles. The van der Waals surface area contributed by atoms with Gasteiger partial charge in [-0.25, -0.2) is 0 Å². The third-order valence-corrected chi connectivity index (χ3v) is 4.88. The Morgan fingerprint density at radius 3 is 2.67 bits per heavy atom. The lowest BCUT2D eigenvalue weighted by molar-refractivity contribution is -0.141. The lowest BCUT2D eigenvalue weighted by atomic mass is 10.1. The molecule has 6 heteroatoms. The Hall–Kier alpha value is -1.79. The number of hydrogen-bond acceptors (Lipinski definition) is 5. The second-order valence-corrected chi connectivity index (χ2v) is 6.86. The summed E-state index contributed by atoms with van der Waals surface area (Å²) in [7, 11) is 5.85. The van der Waals surface area contributed by atoms with Gasteiger partial charge in [0.2, 0.25) is 5.91 Å². The zero-order chi connectivity index (χ0) is 17.1. The van der Waals surface area contributed by atoms with E-state index in [2.05, 4.69) is 23.9 Å². The van der Waals surface area contributed by atoms with Gasteiger partial charge in [-0.05, 0) is 32.6 Å². The SMILES string of the molecule is COc1cccc(OC2CN(C(=O)CN3CC[C@H](N(C)C)C3)C2)c1. The van der Waals surface area contributed by atoms with Gasteiger partial charge in [0.1, 0.15) is 17.6 Å². The van der Waals surface area contributed by atoms with Crippen LogP contribution in [-0.4, -0.2) is 86.7 Å². The second kappa shape index (κ2) is 7.40. The van der Waals surface area contributed by atoms with Crippen LogP contribution in [-0.2, 0) is 4.79 Å². The predicted molar refractivity (Wildman–Crippen MR) is 92.5 cm³/mol. The molecule has 3 rings (SSSR count). The van der Waals surface area contributed by atoms with Crippen LogP contribution in [0.5, 0.6) is 11.5 Å². The van der Waals surface area contributed by atoms with Gasteiger partial charge in [-0.3, -0.25) is 9.69 Å². The van der Waals surface area contributed by atoms with Crippen LogP contribution >= 0.6 is 0 Å². The van der Waals surface area contributed by atoms with Gasteiger partial charge in [-0.1, -0.05) is 6.07 Å². The van der Waals surface area contributed by atoms with Crippen LogP contribution in [0.3, 0.4) is 0 Å². The lowest BCUT2D eigenvalue weighted by Gasteiger charge is -2.39. The fourth-order valence-corrected chi connectivity index (χ4v) is 3.25. The highest BCUT2D eigenvalue weighted by Crippen LogP contribution is 2.23. The highest BCUT2D eigenvalue weighted by molar-refractivity contribution is 5.79. The van der Waals surface area contributed by atoms with E-state index in [-0.39, 0.29) is 12.0 Å². The number of rotatable bonds is 6. The summed E-state index contributed by atoms with van der Waals surface area (Å²) in [5.41, 5.74) is 0. The number of benzene rings is 1. The zero-order valence-corrected chi connectivity index (χ0v) is 14.8. The topological polar surface area (TPSA) is 45.3 Å². The Bertz CT molecular complexity index is 572. The molecule has 0 saturated carbocycles. The van der Waals surface area contributed by atoms with Crippen molar-refractivity contribution in [2.75, 3.05) is 53.9 Å². The fourth-order valence-electron chi connectivity index (χ4n) is 3.25. The summed E-state index contributed by atoms with van der Waals surface area (Å²) in [6.07, 6.45) is 1.22. The second-order valence-electron chi connectivity index (χ2n) is 6.86. The molecule has 2 aliphatic rings. The highest BCUT2D eigenvalue weighted by atomic mass is 16.5. The van der Waals surface area contributed by atoms with Crippen molar-refractivity contribution in [3.8, 4) is 11.5 Å². The maximum Gasteiger partial charge on any atom is 0.237 e. The monoisotopic (exact) mass is 333 g/mol. The number of likely N-dealkylation sites (N-methyl/N-ethyl adjacent to an activating group) is 1. The van der Waals surface area contributed by atoms with Gasteiger partial charge in [0.25, 0.3) is 0 Å². The maximum absolute atomic E-state index is 12.4. The number of ether oxygens (including phenoxy) is 2. The van der Waals surface area contributed by atoms with Crippen molar-refractivity contribution in [3.05, 3.63) is 24.3 Å². The first-order chi connectivity index (χ1) is 11.5. The molecule has 2 aliphatic heterocycles. The Kier molecular flexibility index (Phi) is 5.26. The van der Waals surface area contributed by atoms with Crippen LogP contribution in [0.15, 0.2) is 24.3 Å². The first kappa shape index (κ1) is 17.0. The molecule has 1 aromatic rings. The van der Waals surface area contributed by atoms with E-state index in [0.717, 1.165) is 31.0 Å². The molecule has 6 nitrogen and oxygen atoms in total. The summed E-state index contributed by atoms with van der Waals surface area (Å²) >= 11 is 0.